The van der Waals surface area contributed by atoms with E-state index in [0.29, 0.717) is 11.7 Å². The summed E-state index contributed by atoms with van der Waals surface area (Å²) in [6.07, 6.45) is 5.29. The van der Waals surface area contributed by atoms with Gasteiger partial charge in [0.1, 0.15) is 5.69 Å². The highest BCUT2D eigenvalue weighted by Crippen LogP contribution is 2.33. The molecule has 0 aliphatic carbocycles. The molecule has 0 fully saturated rings. The van der Waals surface area contributed by atoms with Crippen molar-refractivity contribution in [2.24, 2.45) is 7.05 Å². The lowest BCUT2D eigenvalue weighted by Gasteiger charge is -1.93. The van der Waals surface area contributed by atoms with Crippen molar-refractivity contribution >= 4 is 11.3 Å². The minimum atomic E-state index is 0.461. The fourth-order valence-electron chi connectivity index (χ4n) is 2.19. The Kier molecular flexibility index (Phi) is 3.05. The van der Waals surface area contributed by atoms with E-state index in [-0.39, 0.29) is 0 Å². The number of aromatic nitrogens is 5. The maximum Gasteiger partial charge on any atom is 0.262 e. The molecule has 0 unspecified atom stereocenters. The van der Waals surface area contributed by atoms with E-state index in [1.54, 1.807) is 28.4 Å². The van der Waals surface area contributed by atoms with E-state index >= 15 is 0 Å². The van der Waals surface area contributed by atoms with Gasteiger partial charge in [-0.3, -0.25) is 9.67 Å². The molecular weight excluding hydrogens is 298 g/mol. The predicted octanol–water partition coefficient (Wildman–Crippen LogP) is 3.26. The molecule has 7 heteroatoms. The summed E-state index contributed by atoms with van der Waals surface area (Å²) < 4.78 is 7.18. The Morgan fingerprint density at radius 1 is 1.18 bits per heavy atom. The van der Waals surface area contributed by atoms with Crippen LogP contribution in [0.3, 0.4) is 0 Å². The van der Waals surface area contributed by atoms with Crippen LogP contribution in [0.5, 0.6) is 0 Å². The van der Waals surface area contributed by atoms with Gasteiger partial charge in [0.05, 0.1) is 10.4 Å². The van der Waals surface area contributed by atoms with Crippen LogP contribution >= 0.6 is 11.3 Å². The molecule has 0 N–H and O–H groups in total. The van der Waals surface area contributed by atoms with Crippen LogP contribution in [0.25, 0.3) is 33.4 Å². The number of hydrogen-bond donors (Lipinski definition) is 0. The Morgan fingerprint density at radius 3 is 2.82 bits per heavy atom. The first-order chi connectivity index (χ1) is 10.8. The Bertz CT molecular complexity index is 895. The number of aryl methyl sites for hydroxylation is 1. The molecule has 0 amide bonds. The molecule has 0 saturated carbocycles. The standard InChI is InChI=1S/C15H11N5OS/c1-20-9-11(13(18-20)12-3-2-8-22-12)15-17-14(19-21-15)10-4-6-16-7-5-10/h2-9H,1H3. The molecule has 0 aliphatic rings. The fraction of sp³-hybridized carbons (Fsp3) is 0.0667. The highest BCUT2D eigenvalue weighted by Gasteiger charge is 2.19. The van der Waals surface area contributed by atoms with Crippen molar-refractivity contribution in [3.8, 4) is 33.4 Å². The third-order valence-electron chi connectivity index (χ3n) is 3.18. The molecule has 108 valence electrons. The lowest BCUT2D eigenvalue weighted by molar-refractivity contribution is 0.432. The lowest BCUT2D eigenvalue weighted by atomic mass is 10.2. The van der Waals surface area contributed by atoms with Gasteiger partial charge in [-0.05, 0) is 23.6 Å². The fourth-order valence-corrected chi connectivity index (χ4v) is 2.91. The average Bonchev–Trinajstić information content (AvgIpc) is 3.28. The first-order valence-electron chi connectivity index (χ1n) is 6.63. The van der Waals surface area contributed by atoms with E-state index in [1.807, 2.05) is 42.9 Å². The molecule has 22 heavy (non-hydrogen) atoms. The molecule has 6 nitrogen and oxygen atoms in total. The number of rotatable bonds is 3. The quantitative estimate of drug-likeness (QED) is 0.581. The zero-order chi connectivity index (χ0) is 14.9. The zero-order valence-electron chi connectivity index (χ0n) is 11.7. The van der Waals surface area contributed by atoms with Crippen LogP contribution in [0.4, 0.5) is 0 Å². The second-order valence-corrected chi connectivity index (χ2v) is 5.65. The lowest BCUT2D eigenvalue weighted by Crippen LogP contribution is -1.86. The van der Waals surface area contributed by atoms with E-state index in [4.69, 9.17) is 4.52 Å². The minimum absolute atomic E-state index is 0.461. The minimum Gasteiger partial charge on any atom is -0.333 e. The van der Waals surface area contributed by atoms with Crippen LogP contribution in [0.2, 0.25) is 0 Å². The van der Waals surface area contributed by atoms with Crippen LogP contribution < -0.4 is 0 Å². The van der Waals surface area contributed by atoms with Crippen LogP contribution in [0.15, 0.2) is 52.8 Å². The normalized spacial score (nSPS) is 11.0. The van der Waals surface area contributed by atoms with Gasteiger partial charge >= 0.3 is 0 Å². The third kappa shape index (κ3) is 2.21. The summed E-state index contributed by atoms with van der Waals surface area (Å²) >= 11 is 1.63. The molecule has 4 aromatic rings. The summed E-state index contributed by atoms with van der Waals surface area (Å²) in [4.78, 5) is 9.54. The van der Waals surface area contributed by atoms with Gasteiger partial charge in [-0.1, -0.05) is 11.2 Å². The van der Waals surface area contributed by atoms with Crippen LogP contribution in [0.1, 0.15) is 0 Å². The van der Waals surface area contributed by atoms with E-state index < -0.39 is 0 Å². The van der Waals surface area contributed by atoms with Gasteiger partial charge in [0.25, 0.3) is 5.89 Å². The van der Waals surface area contributed by atoms with Crippen molar-refractivity contribution in [3.05, 3.63) is 48.2 Å². The zero-order valence-corrected chi connectivity index (χ0v) is 12.5. The summed E-state index contributed by atoms with van der Waals surface area (Å²) in [5.41, 5.74) is 2.55. The largest absolute Gasteiger partial charge is 0.333 e. The molecule has 0 atom stereocenters. The summed E-state index contributed by atoms with van der Waals surface area (Å²) in [7, 11) is 1.88. The molecule has 0 bridgehead atoms. The molecule has 0 radical (unpaired) electrons. The van der Waals surface area contributed by atoms with Gasteiger partial charge in [-0.2, -0.15) is 10.1 Å². The van der Waals surface area contributed by atoms with Crippen molar-refractivity contribution in [1.82, 2.24) is 24.9 Å². The number of nitrogens with zero attached hydrogens (tertiary/aromatic N) is 5. The van der Waals surface area contributed by atoms with Crippen molar-refractivity contribution in [2.75, 3.05) is 0 Å². The van der Waals surface area contributed by atoms with Gasteiger partial charge in [0.2, 0.25) is 5.82 Å². The van der Waals surface area contributed by atoms with E-state index in [1.165, 1.54) is 0 Å². The Labute approximate surface area is 130 Å². The van der Waals surface area contributed by atoms with Gasteiger partial charge < -0.3 is 4.52 Å². The number of pyridine rings is 1. The topological polar surface area (TPSA) is 69.6 Å². The first kappa shape index (κ1) is 12.9. The van der Waals surface area contributed by atoms with Crippen molar-refractivity contribution in [1.29, 1.82) is 0 Å². The highest BCUT2D eigenvalue weighted by atomic mass is 32.1. The van der Waals surface area contributed by atoms with Gasteiger partial charge in [0.15, 0.2) is 0 Å². The molecular formula is C15H11N5OS. The Balaban J connectivity index is 1.79. The molecule has 4 aromatic heterocycles. The number of hydrogen-bond acceptors (Lipinski definition) is 6. The van der Waals surface area contributed by atoms with E-state index in [9.17, 15) is 0 Å². The Morgan fingerprint density at radius 2 is 2.05 bits per heavy atom. The molecule has 0 aromatic carbocycles. The van der Waals surface area contributed by atoms with Crippen LogP contribution in [-0.4, -0.2) is 24.9 Å². The molecule has 0 saturated heterocycles. The summed E-state index contributed by atoms with van der Waals surface area (Å²) in [6.45, 7) is 0. The van der Waals surface area contributed by atoms with E-state index in [2.05, 4.69) is 20.2 Å². The van der Waals surface area contributed by atoms with Crippen LogP contribution in [-0.2, 0) is 7.05 Å². The molecule has 0 spiro atoms. The smallest absolute Gasteiger partial charge is 0.262 e. The summed E-state index contributed by atoms with van der Waals surface area (Å²) in [5, 5.41) is 10.6. The van der Waals surface area contributed by atoms with Crippen molar-refractivity contribution in [3.63, 3.8) is 0 Å². The molecule has 4 heterocycles. The van der Waals surface area contributed by atoms with E-state index in [0.717, 1.165) is 21.7 Å². The summed E-state index contributed by atoms with van der Waals surface area (Å²) in [6, 6.07) is 7.71. The molecule has 4 rings (SSSR count). The second-order valence-electron chi connectivity index (χ2n) is 4.70. The van der Waals surface area contributed by atoms with Gasteiger partial charge in [-0.15, -0.1) is 11.3 Å². The number of thiophene rings is 1. The van der Waals surface area contributed by atoms with Crippen molar-refractivity contribution in [2.45, 2.75) is 0 Å². The van der Waals surface area contributed by atoms with Gasteiger partial charge in [0, 0.05) is 31.2 Å². The third-order valence-corrected chi connectivity index (χ3v) is 4.05. The predicted molar refractivity (Wildman–Crippen MR) is 83.0 cm³/mol. The average molecular weight is 309 g/mol. The Hall–Kier alpha value is -2.80. The highest BCUT2D eigenvalue weighted by molar-refractivity contribution is 7.13. The maximum absolute atomic E-state index is 5.43. The second kappa shape index (κ2) is 5.19. The van der Waals surface area contributed by atoms with Gasteiger partial charge in [-0.25, -0.2) is 0 Å². The van der Waals surface area contributed by atoms with Crippen LogP contribution in [0, 0.1) is 0 Å². The summed E-state index contributed by atoms with van der Waals surface area (Å²) in [5.74, 6) is 1.00. The first-order valence-corrected chi connectivity index (χ1v) is 7.51. The maximum atomic E-state index is 5.43. The monoisotopic (exact) mass is 309 g/mol. The molecule has 0 aliphatic heterocycles. The SMILES string of the molecule is Cn1cc(-c2nc(-c3ccncc3)no2)c(-c2cccs2)n1. The van der Waals surface area contributed by atoms with Crippen molar-refractivity contribution < 1.29 is 4.52 Å².